The Bertz CT molecular complexity index is 129. The van der Waals surface area contributed by atoms with Crippen LogP contribution in [0.4, 0.5) is 0 Å². The zero-order chi connectivity index (χ0) is 8.10. The maximum absolute atomic E-state index is 10.2. The number of thioether (sulfide) groups is 1. The van der Waals surface area contributed by atoms with Gasteiger partial charge in [0.15, 0.2) is 0 Å². The largest absolute Gasteiger partial charge is 0.302 e. The van der Waals surface area contributed by atoms with E-state index in [1.807, 2.05) is 11.8 Å². The lowest BCUT2D eigenvalue weighted by Crippen LogP contribution is -2.38. The van der Waals surface area contributed by atoms with Crippen molar-refractivity contribution in [1.82, 2.24) is 4.90 Å². The minimum atomic E-state index is 0.622. The fourth-order valence-corrected chi connectivity index (χ4v) is 2.55. The predicted octanol–water partition coefficient (Wildman–Crippen LogP) is 1.01. The molecule has 0 aromatic rings. The third-order valence-electron chi connectivity index (χ3n) is 2.01. The van der Waals surface area contributed by atoms with Gasteiger partial charge < -0.3 is 4.79 Å². The monoisotopic (exact) mass is 173 g/mol. The molecule has 1 aliphatic heterocycles. The first kappa shape index (κ1) is 9.07. The van der Waals surface area contributed by atoms with Crippen molar-refractivity contribution in [2.75, 3.05) is 25.4 Å². The average Bonchev–Trinajstić information content (AvgIpc) is 2.06. The van der Waals surface area contributed by atoms with Crippen molar-refractivity contribution in [3.63, 3.8) is 0 Å². The van der Waals surface area contributed by atoms with Gasteiger partial charge in [-0.15, -0.1) is 0 Å². The molecule has 1 saturated heterocycles. The number of aldehydes is 1. The van der Waals surface area contributed by atoms with E-state index in [-0.39, 0.29) is 0 Å². The first-order valence-electron chi connectivity index (χ1n) is 4.14. The Morgan fingerprint density at radius 2 is 2.55 bits per heavy atom. The van der Waals surface area contributed by atoms with Crippen LogP contribution in [0.3, 0.4) is 0 Å². The highest BCUT2D eigenvalue weighted by Gasteiger charge is 2.17. The molecule has 0 amide bonds. The highest BCUT2D eigenvalue weighted by molar-refractivity contribution is 8.00. The molecular formula is C8H15NOS. The van der Waals surface area contributed by atoms with E-state index in [9.17, 15) is 4.79 Å². The molecule has 0 saturated carbocycles. The predicted molar refractivity (Wildman–Crippen MR) is 49.0 cm³/mol. The third kappa shape index (κ3) is 2.83. The van der Waals surface area contributed by atoms with Crippen LogP contribution in [0.25, 0.3) is 0 Å². The Morgan fingerprint density at radius 1 is 1.73 bits per heavy atom. The number of rotatable bonds is 3. The summed E-state index contributed by atoms with van der Waals surface area (Å²) in [4.78, 5) is 12.5. The van der Waals surface area contributed by atoms with Gasteiger partial charge >= 0.3 is 0 Å². The van der Waals surface area contributed by atoms with Crippen molar-refractivity contribution >= 4 is 18.0 Å². The van der Waals surface area contributed by atoms with Gasteiger partial charge in [0.25, 0.3) is 0 Å². The van der Waals surface area contributed by atoms with Crippen molar-refractivity contribution in [2.45, 2.75) is 18.6 Å². The van der Waals surface area contributed by atoms with Crippen molar-refractivity contribution in [2.24, 2.45) is 0 Å². The maximum Gasteiger partial charge on any atom is 0.133 e. The van der Waals surface area contributed by atoms with Gasteiger partial charge in [-0.25, -0.2) is 0 Å². The zero-order valence-electron chi connectivity index (χ0n) is 6.95. The first-order valence-corrected chi connectivity index (χ1v) is 5.19. The minimum Gasteiger partial charge on any atom is -0.302 e. The standard InChI is InChI=1S/C8H15NOS/c1-2-8-7-9(3-5-10)4-6-11-8/h5,8H,2-4,6-7H2,1H3. The molecular weight excluding hydrogens is 158 g/mol. The van der Waals surface area contributed by atoms with Gasteiger partial charge in [-0.05, 0) is 6.42 Å². The van der Waals surface area contributed by atoms with Crippen LogP contribution in [0, 0.1) is 0 Å². The molecule has 11 heavy (non-hydrogen) atoms. The van der Waals surface area contributed by atoms with E-state index in [0.29, 0.717) is 6.54 Å². The van der Waals surface area contributed by atoms with E-state index in [1.54, 1.807) is 0 Å². The van der Waals surface area contributed by atoms with Crippen LogP contribution < -0.4 is 0 Å². The van der Waals surface area contributed by atoms with E-state index >= 15 is 0 Å². The van der Waals surface area contributed by atoms with Crippen LogP contribution in [0.5, 0.6) is 0 Å². The van der Waals surface area contributed by atoms with Gasteiger partial charge in [-0.3, -0.25) is 4.90 Å². The fraction of sp³-hybridized carbons (Fsp3) is 0.875. The lowest BCUT2D eigenvalue weighted by Gasteiger charge is -2.30. The summed E-state index contributed by atoms with van der Waals surface area (Å²) in [6, 6.07) is 0. The Morgan fingerprint density at radius 3 is 3.18 bits per heavy atom. The number of hydrogen-bond acceptors (Lipinski definition) is 3. The van der Waals surface area contributed by atoms with Crippen molar-refractivity contribution in [3.8, 4) is 0 Å². The zero-order valence-corrected chi connectivity index (χ0v) is 7.77. The molecule has 0 N–H and O–H groups in total. The Hall–Kier alpha value is -0.0200. The summed E-state index contributed by atoms with van der Waals surface area (Å²) in [7, 11) is 0. The van der Waals surface area contributed by atoms with Crippen LogP contribution in [0.15, 0.2) is 0 Å². The number of nitrogens with zero attached hydrogens (tertiary/aromatic N) is 1. The second-order valence-corrected chi connectivity index (χ2v) is 4.24. The Labute approximate surface area is 72.3 Å². The summed E-state index contributed by atoms with van der Waals surface area (Å²) >= 11 is 2.04. The Kier molecular flexibility index (Phi) is 3.94. The third-order valence-corrected chi connectivity index (χ3v) is 3.38. The molecule has 3 heteroatoms. The summed E-state index contributed by atoms with van der Waals surface area (Å²) in [6.07, 6.45) is 2.22. The molecule has 1 unspecified atom stereocenters. The van der Waals surface area contributed by atoms with Gasteiger partial charge in [0.05, 0.1) is 6.54 Å². The van der Waals surface area contributed by atoms with Crippen molar-refractivity contribution in [1.29, 1.82) is 0 Å². The topological polar surface area (TPSA) is 20.3 Å². The van der Waals surface area contributed by atoms with E-state index < -0.39 is 0 Å². The van der Waals surface area contributed by atoms with Crippen molar-refractivity contribution < 1.29 is 4.79 Å². The summed E-state index contributed by atoms with van der Waals surface area (Å²) in [6.45, 7) is 5.01. The molecule has 0 spiro atoms. The van der Waals surface area contributed by atoms with Crippen LogP contribution in [-0.2, 0) is 4.79 Å². The molecule has 1 rings (SSSR count). The molecule has 0 radical (unpaired) electrons. The number of carbonyl (C=O) groups is 1. The molecule has 0 aromatic carbocycles. The van der Waals surface area contributed by atoms with E-state index in [4.69, 9.17) is 0 Å². The maximum atomic E-state index is 10.2. The van der Waals surface area contributed by atoms with Gasteiger partial charge in [-0.1, -0.05) is 6.92 Å². The van der Waals surface area contributed by atoms with Crippen LogP contribution in [-0.4, -0.2) is 41.8 Å². The Balaban J connectivity index is 2.27. The van der Waals surface area contributed by atoms with Gasteiger partial charge in [-0.2, -0.15) is 11.8 Å². The normalized spacial score (nSPS) is 26.8. The molecule has 1 aliphatic rings. The summed E-state index contributed by atoms with van der Waals surface area (Å²) in [5.41, 5.74) is 0. The average molecular weight is 173 g/mol. The molecule has 0 bridgehead atoms. The SMILES string of the molecule is CCC1CN(CC=O)CCS1. The lowest BCUT2D eigenvalue weighted by molar-refractivity contribution is -0.108. The van der Waals surface area contributed by atoms with E-state index in [0.717, 1.165) is 24.6 Å². The molecule has 1 atom stereocenters. The number of hydrogen-bond donors (Lipinski definition) is 0. The molecule has 64 valence electrons. The van der Waals surface area contributed by atoms with Crippen LogP contribution >= 0.6 is 11.8 Å². The highest BCUT2D eigenvalue weighted by Crippen LogP contribution is 2.20. The van der Waals surface area contributed by atoms with Crippen molar-refractivity contribution in [3.05, 3.63) is 0 Å². The fourth-order valence-electron chi connectivity index (χ4n) is 1.30. The second kappa shape index (κ2) is 4.78. The van der Waals surface area contributed by atoms with E-state index in [2.05, 4.69) is 11.8 Å². The molecule has 2 nitrogen and oxygen atoms in total. The van der Waals surface area contributed by atoms with Crippen LogP contribution in [0.2, 0.25) is 0 Å². The molecule has 0 aliphatic carbocycles. The molecule has 1 fully saturated rings. The van der Waals surface area contributed by atoms with Gasteiger partial charge in [0.1, 0.15) is 6.29 Å². The highest BCUT2D eigenvalue weighted by atomic mass is 32.2. The quantitative estimate of drug-likeness (QED) is 0.594. The number of carbonyl (C=O) groups excluding carboxylic acids is 1. The van der Waals surface area contributed by atoms with Crippen LogP contribution in [0.1, 0.15) is 13.3 Å². The first-order chi connectivity index (χ1) is 5.36. The minimum absolute atomic E-state index is 0.622. The smallest absolute Gasteiger partial charge is 0.133 e. The van der Waals surface area contributed by atoms with Gasteiger partial charge in [0, 0.05) is 24.1 Å². The van der Waals surface area contributed by atoms with E-state index in [1.165, 1.54) is 12.2 Å². The summed E-state index contributed by atoms with van der Waals surface area (Å²) in [5.74, 6) is 1.19. The molecule has 1 heterocycles. The summed E-state index contributed by atoms with van der Waals surface area (Å²) in [5, 5.41) is 0.753. The van der Waals surface area contributed by atoms with Gasteiger partial charge in [0.2, 0.25) is 0 Å². The lowest BCUT2D eigenvalue weighted by atomic mass is 10.3. The second-order valence-electron chi connectivity index (χ2n) is 2.83. The summed E-state index contributed by atoms with van der Waals surface area (Å²) < 4.78 is 0. The molecule has 0 aromatic heterocycles.